The molecule has 2 rings (SSSR count). The van der Waals surface area contributed by atoms with Crippen LogP contribution in [0.2, 0.25) is 0 Å². The lowest BCUT2D eigenvalue weighted by Gasteiger charge is -2.05. The number of hydrogen-bond donors (Lipinski definition) is 1. The van der Waals surface area contributed by atoms with Crippen molar-refractivity contribution in [2.24, 2.45) is 7.05 Å². The fourth-order valence-electron chi connectivity index (χ4n) is 1.73. The summed E-state index contributed by atoms with van der Waals surface area (Å²) in [6.07, 6.45) is 0.923. The maximum atomic E-state index is 12.1. The maximum absolute atomic E-state index is 12.1. The summed E-state index contributed by atoms with van der Waals surface area (Å²) in [6.45, 7) is 2.05. The summed E-state index contributed by atoms with van der Waals surface area (Å²) in [4.78, 5) is 38.0. The zero-order valence-corrected chi connectivity index (χ0v) is 12.6. The van der Waals surface area contributed by atoms with Gasteiger partial charge in [0.1, 0.15) is 0 Å². The third-order valence-electron chi connectivity index (χ3n) is 2.96. The van der Waals surface area contributed by atoms with Gasteiger partial charge < -0.3 is 0 Å². The molecule has 2 aromatic rings. The summed E-state index contributed by atoms with van der Waals surface area (Å²) in [5.41, 5.74) is 0.164. The molecule has 1 aromatic heterocycles. The molecule has 1 heterocycles. The smallest absolute Gasteiger partial charge is 0.293 e. The lowest BCUT2D eigenvalue weighted by Crippen LogP contribution is -2.34. The van der Waals surface area contributed by atoms with Crippen LogP contribution >= 0.6 is 11.8 Å². The normalized spacial score (nSPS) is 10.6. The third-order valence-corrected chi connectivity index (χ3v) is 3.99. The Balaban J connectivity index is 2.08. The minimum atomic E-state index is -0.852. The molecule has 0 aliphatic rings. The van der Waals surface area contributed by atoms with Crippen molar-refractivity contribution in [3.63, 3.8) is 0 Å². The highest BCUT2D eigenvalue weighted by Crippen LogP contribution is 2.14. The Labute approximate surface area is 125 Å². The van der Waals surface area contributed by atoms with Crippen molar-refractivity contribution in [1.82, 2.24) is 14.8 Å². The van der Waals surface area contributed by atoms with Crippen LogP contribution in [-0.4, -0.2) is 26.3 Å². The highest BCUT2D eigenvalue weighted by atomic mass is 32.2. The summed E-state index contributed by atoms with van der Waals surface area (Å²) in [7, 11) is 1.57. The van der Waals surface area contributed by atoms with Crippen molar-refractivity contribution < 1.29 is 4.79 Å². The molecule has 0 aliphatic heterocycles. The molecule has 0 spiro atoms. The van der Waals surface area contributed by atoms with E-state index < -0.39 is 11.1 Å². The number of aryl methyl sites for hydroxylation is 2. The molecule has 0 saturated heterocycles. The van der Waals surface area contributed by atoms with Crippen LogP contribution in [0.15, 0.2) is 39.0 Å². The quantitative estimate of drug-likeness (QED) is 0.506. The summed E-state index contributed by atoms with van der Waals surface area (Å²) in [5, 5.41) is 2.64. The number of aromatic amines is 1. The number of thioether (sulfide) groups is 1. The van der Waals surface area contributed by atoms with Crippen molar-refractivity contribution in [1.29, 1.82) is 0 Å². The monoisotopic (exact) mass is 305 g/mol. The Bertz CT molecular complexity index is 762. The van der Waals surface area contributed by atoms with Gasteiger partial charge in [0.15, 0.2) is 10.9 Å². The van der Waals surface area contributed by atoms with Crippen LogP contribution in [0, 0.1) is 0 Å². The van der Waals surface area contributed by atoms with Crippen LogP contribution in [0.1, 0.15) is 22.8 Å². The average Bonchev–Trinajstić information content (AvgIpc) is 2.49. The molecule has 0 amide bonds. The predicted molar refractivity (Wildman–Crippen MR) is 81.0 cm³/mol. The molecule has 7 heteroatoms. The number of Topliss-reactive ketones (excluding diaryl/α,β-unsaturated/α-hetero) is 1. The van der Waals surface area contributed by atoms with E-state index in [0.717, 1.165) is 18.2 Å². The first-order valence-corrected chi connectivity index (χ1v) is 7.42. The molecule has 0 saturated carbocycles. The van der Waals surface area contributed by atoms with Gasteiger partial charge in [-0.2, -0.15) is 4.98 Å². The van der Waals surface area contributed by atoms with Gasteiger partial charge in [-0.05, 0) is 12.0 Å². The molecule has 0 bridgehead atoms. The standard InChI is InChI=1S/C14H15N3O3S/c1-3-9-4-6-10(7-5-9)11(18)8-21-14-15-12(19)13(20)16-17(14)2/h4-7H,3,8H2,1-2H3,(H,16,20). The van der Waals surface area contributed by atoms with E-state index in [9.17, 15) is 14.4 Å². The second-order valence-corrected chi connectivity index (χ2v) is 5.40. The molecular weight excluding hydrogens is 290 g/mol. The molecular formula is C14H15N3O3S. The highest BCUT2D eigenvalue weighted by molar-refractivity contribution is 7.99. The molecule has 1 aromatic carbocycles. The van der Waals surface area contributed by atoms with E-state index in [4.69, 9.17) is 0 Å². The maximum Gasteiger partial charge on any atom is 0.339 e. The Morgan fingerprint density at radius 1 is 1.29 bits per heavy atom. The van der Waals surface area contributed by atoms with Gasteiger partial charge in [-0.25, -0.2) is 0 Å². The van der Waals surface area contributed by atoms with Gasteiger partial charge in [0.2, 0.25) is 0 Å². The molecule has 0 aliphatic carbocycles. The first-order chi connectivity index (χ1) is 10.0. The van der Waals surface area contributed by atoms with Crippen LogP contribution in [0.25, 0.3) is 0 Å². The SMILES string of the molecule is CCc1ccc(C(=O)CSc2nc(=O)c(=O)[nH]n2C)cc1. The molecule has 0 radical (unpaired) electrons. The number of benzene rings is 1. The average molecular weight is 305 g/mol. The van der Waals surface area contributed by atoms with E-state index in [1.165, 1.54) is 10.2 Å². The molecule has 110 valence electrons. The van der Waals surface area contributed by atoms with Gasteiger partial charge in [0.25, 0.3) is 0 Å². The fourth-order valence-corrected chi connectivity index (χ4v) is 2.54. The van der Waals surface area contributed by atoms with E-state index in [1.54, 1.807) is 19.2 Å². The second kappa shape index (κ2) is 6.53. The Kier molecular flexibility index (Phi) is 4.74. The fraction of sp³-hybridized carbons (Fsp3) is 0.286. The summed E-state index contributed by atoms with van der Waals surface area (Å²) < 4.78 is 1.34. The van der Waals surface area contributed by atoms with Crippen LogP contribution in [0.5, 0.6) is 0 Å². The first-order valence-electron chi connectivity index (χ1n) is 6.43. The Morgan fingerprint density at radius 2 is 1.95 bits per heavy atom. The number of H-pyrrole nitrogens is 1. The minimum Gasteiger partial charge on any atom is -0.293 e. The van der Waals surface area contributed by atoms with E-state index in [1.807, 2.05) is 12.1 Å². The van der Waals surface area contributed by atoms with Crippen LogP contribution in [0.4, 0.5) is 0 Å². The number of hydrogen-bond acceptors (Lipinski definition) is 5. The number of ketones is 1. The summed E-state index contributed by atoms with van der Waals surface area (Å²) in [5.74, 6) is 0.0979. The lowest BCUT2D eigenvalue weighted by atomic mass is 10.1. The van der Waals surface area contributed by atoms with Crippen molar-refractivity contribution in [2.75, 3.05) is 5.75 Å². The zero-order valence-electron chi connectivity index (χ0n) is 11.8. The molecule has 21 heavy (non-hydrogen) atoms. The van der Waals surface area contributed by atoms with E-state index in [-0.39, 0.29) is 11.5 Å². The number of carbonyl (C=O) groups excluding carboxylic acids is 1. The molecule has 6 nitrogen and oxygen atoms in total. The summed E-state index contributed by atoms with van der Waals surface area (Å²) in [6, 6.07) is 7.43. The van der Waals surface area contributed by atoms with Crippen molar-refractivity contribution in [3.05, 3.63) is 56.1 Å². The van der Waals surface area contributed by atoms with Crippen LogP contribution in [0.3, 0.4) is 0 Å². The number of nitrogens with zero attached hydrogens (tertiary/aromatic N) is 2. The second-order valence-electron chi connectivity index (χ2n) is 4.46. The topological polar surface area (TPSA) is 84.8 Å². The molecule has 0 fully saturated rings. The van der Waals surface area contributed by atoms with Crippen molar-refractivity contribution >= 4 is 17.5 Å². The number of rotatable bonds is 5. The Hall–Kier alpha value is -2.15. The third kappa shape index (κ3) is 3.69. The van der Waals surface area contributed by atoms with Crippen molar-refractivity contribution in [3.8, 4) is 0 Å². The minimum absolute atomic E-state index is 0.0527. The van der Waals surface area contributed by atoms with E-state index >= 15 is 0 Å². The van der Waals surface area contributed by atoms with E-state index in [2.05, 4.69) is 17.0 Å². The molecule has 0 unspecified atom stereocenters. The van der Waals surface area contributed by atoms with Gasteiger partial charge in [-0.15, -0.1) is 0 Å². The molecule has 0 atom stereocenters. The zero-order chi connectivity index (χ0) is 15.4. The predicted octanol–water partition coefficient (Wildman–Crippen LogP) is 1.01. The van der Waals surface area contributed by atoms with Gasteiger partial charge in [0, 0.05) is 12.6 Å². The number of carbonyl (C=O) groups is 1. The largest absolute Gasteiger partial charge is 0.339 e. The number of aromatic nitrogens is 3. The molecule has 1 N–H and O–H groups in total. The lowest BCUT2D eigenvalue weighted by molar-refractivity contribution is 0.102. The first kappa shape index (κ1) is 15.2. The van der Waals surface area contributed by atoms with Gasteiger partial charge in [0.05, 0.1) is 5.75 Å². The van der Waals surface area contributed by atoms with Gasteiger partial charge >= 0.3 is 11.1 Å². The van der Waals surface area contributed by atoms with Gasteiger partial charge in [-0.3, -0.25) is 24.2 Å². The Morgan fingerprint density at radius 3 is 2.57 bits per heavy atom. The van der Waals surface area contributed by atoms with Crippen LogP contribution < -0.4 is 11.1 Å². The highest BCUT2D eigenvalue weighted by Gasteiger charge is 2.10. The van der Waals surface area contributed by atoms with Crippen LogP contribution in [-0.2, 0) is 13.5 Å². The summed E-state index contributed by atoms with van der Waals surface area (Å²) >= 11 is 1.11. The van der Waals surface area contributed by atoms with Gasteiger partial charge in [-0.1, -0.05) is 43.0 Å². The van der Waals surface area contributed by atoms with Crippen molar-refractivity contribution in [2.45, 2.75) is 18.5 Å². The number of nitrogens with one attached hydrogen (secondary N) is 1. The van der Waals surface area contributed by atoms with E-state index in [0.29, 0.717) is 10.7 Å².